The fraction of sp³-hybridized carbons (Fsp3) is 0.278. The van der Waals surface area contributed by atoms with Gasteiger partial charge in [0.1, 0.15) is 18.3 Å². The first-order chi connectivity index (χ1) is 22.0. The lowest BCUT2D eigenvalue weighted by Crippen LogP contribution is -2.54. The Labute approximate surface area is 277 Å². The molecule has 0 unspecified atom stereocenters. The standard InChI is InChI=1S/C36H40ClN3O5S/c1-5-27(3)38-36(42)33(22-28-15-8-6-9-16-28)39(24-29-17-13-12-14-26(29)2)35(41)25-40(30-20-21-34(45-4)32(37)23-30)46(43,44)31-18-10-7-11-19-31/h6-21,23,27,33H,5,22,24-25H2,1-4H3,(H,38,42)/t27-,33-/m1/s1. The Balaban J connectivity index is 1.83. The first kappa shape index (κ1) is 34.5. The maximum Gasteiger partial charge on any atom is 0.264 e. The molecule has 0 aliphatic carbocycles. The van der Waals surface area contributed by atoms with Crippen molar-refractivity contribution < 1.29 is 22.7 Å². The van der Waals surface area contributed by atoms with Gasteiger partial charge in [0.25, 0.3) is 10.0 Å². The molecular formula is C36H40ClN3O5S. The average molecular weight is 662 g/mol. The van der Waals surface area contributed by atoms with Crippen molar-refractivity contribution >= 4 is 39.1 Å². The summed E-state index contributed by atoms with van der Waals surface area (Å²) in [7, 11) is -2.78. The van der Waals surface area contributed by atoms with Crippen molar-refractivity contribution in [3.8, 4) is 5.75 Å². The third kappa shape index (κ3) is 8.47. The van der Waals surface area contributed by atoms with E-state index in [-0.39, 0.29) is 40.5 Å². The number of benzene rings is 4. The summed E-state index contributed by atoms with van der Waals surface area (Å²) in [6.45, 7) is 5.34. The summed E-state index contributed by atoms with van der Waals surface area (Å²) in [4.78, 5) is 30.1. The number of carbonyl (C=O) groups excluding carboxylic acids is 2. The van der Waals surface area contributed by atoms with Crippen molar-refractivity contribution in [1.82, 2.24) is 10.2 Å². The van der Waals surface area contributed by atoms with Gasteiger partial charge in [-0.15, -0.1) is 0 Å². The van der Waals surface area contributed by atoms with Crippen LogP contribution in [0.15, 0.2) is 108 Å². The van der Waals surface area contributed by atoms with Gasteiger partial charge in [-0.1, -0.05) is 91.3 Å². The number of hydrogen-bond donors (Lipinski definition) is 1. The van der Waals surface area contributed by atoms with E-state index in [0.717, 1.165) is 21.0 Å². The van der Waals surface area contributed by atoms with Crippen LogP contribution in [0.2, 0.25) is 5.02 Å². The van der Waals surface area contributed by atoms with Crippen molar-refractivity contribution in [2.75, 3.05) is 18.0 Å². The van der Waals surface area contributed by atoms with Crippen molar-refractivity contribution in [2.24, 2.45) is 0 Å². The molecule has 0 fully saturated rings. The van der Waals surface area contributed by atoms with Crippen LogP contribution in [-0.4, -0.2) is 50.9 Å². The number of aryl methyl sites for hydroxylation is 1. The summed E-state index contributed by atoms with van der Waals surface area (Å²) < 4.78 is 34.6. The second kappa shape index (κ2) is 15.8. The Morgan fingerprint density at radius 3 is 2.15 bits per heavy atom. The van der Waals surface area contributed by atoms with E-state index in [2.05, 4.69) is 5.32 Å². The zero-order chi connectivity index (χ0) is 33.3. The SMILES string of the molecule is CC[C@@H](C)NC(=O)[C@@H](Cc1ccccc1)N(Cc1ccccc1C)C(=O)CN(c1ccc(OC)c(Cl)c1)S(=O)(=O)c1ccccc1. The maximum atomic E-state index is 14.6. The number of nitrogens with one attached hydrogen (secondary N) is 1. The molecule has 0 spiro atoms. The van der Waals surface area contributed by atoms with E-state index in [1.54, 1.807) is 30.3 Å². The Hall–Kier alpha value is -4.34. The summed E-state index contributed by atoms with van der Waals surface area (Å²) in [5.41, 5.74) is 2.83. The fourth-order valence-corrected chi connectivity index (χ4v) is 6.70. The molecule has 1 N–H and O–H groups in total. The number of carbonyl (C=O) groups is 2. The average Bonchev–Trinajstić information content (AvgIpc) is 3.06. The van der Waals surface area contributed by atoms with Gasteiger partial charge in [-0.3, -0.25) is 13.9 Å². The van der Waals surface area contributed by atoms with Gasteiger partial charge in [0.15, 0.2) is 0 Å². The lowest BCUT2D eigenvalue weighted by Gasteiger charge is -2.34. The number of hydrogen-bond acceptors (Lipinski definition) is 5. The van der Waals surface area contributed by atoms with Crippen molar-refractivity contribution in [1.29, 1.82) is 0 Å². The number of amides is 2. The third-order valence-electron chi connectivity index (χ3n) is 7.91. The number of anilines is 1. The molecule has 0 bridgehead atoms. The Bertz CT molecular complexity index is 1740. The van der Waals surface area contributed by atoms with E-state index in [1.807, 2.05) is 75.4 Å². The number of rotatable bonds is 14. The summed E-state index contributed by atoms with van der Waals surface area (Å²) in [6.07, 6.45) is 0.942. The quantitative estimate of drug-likeness (QED) is 0.169. The molecule has 0 heterocycles. The second-order valence-electron chi connectivity index (χ2n) is 11.1. The smallest absolute Gasteiger partial charge is 0.264 e. The first-order valence-electron chi connectivity index (χ1n) is 15.1. The molecule has 2 atom stereocenters. The molecule has 0 aromatic heterocycles. The summed E-state index contributed by atoms with van der Waals surface area (Å²) in [6, 6.07) is 28.5. The van der Waals surface area contributed by atoms with Crippen LogP contribution < -0.4 is 14.4 Å². The number of halogens is 1. The maximum absolute atomic E-state index is 14.6. The van der Waals surface area contributed by atoms with E-state index in [0.29, 0.717) is 12.2 Å². The second-order valence-corrected chi connectivity index (χ2v) is 13.4. The van der Waals surface area contributed by atoms with Crippen LogP contribution in [0.25, 0.3) is 0 Å². The lowest BCUT2D eigenvalue weighted by atomic mass is 10.0. The molecule has 0 radical (unpaired) electrons. The minimum absolute atomic E-state index is 0.00976. The first-order valence-corrected chi connectivity index (χ1v) is 17.0. The molecule has 8 nitrogen and oxygen atoms in total. The monoisotopic (exact) mass is 661 g/mol. The van der Waals surface area contributed by atoms with Crippen LogP contribution in [0.1, 0.15) is 37.0 Å². The molecule has 0 aliphatic rings. The molecule has 2 amide bonds. The van der Waals surface area contributed by atoms with Crippen molar-refractivity contribution in [2.45, 2.75) is 57.1 Å². The predicted octanol–water partition coefficient (Wildman–Crippen LogP) is 6.41. The molecule has 46 heavy (non-hydrogen) atoms. The topological polar surface area (TPSA) is 96.0 Å². The van der Waals surface area contributed by atoms with Crippen LogP contribution in [0.5, 0.6) is 5.75 Å². The zero-order valence-electron chi connectivity index (χ0n) is 26.5. The molecule has 10 heteroatoms. The van der Waals surface area contributed by atoms with Crippen LogP contribution in [0.4, 0.5) is 5.69 Å². The highest BCUT2D eigenvalue weighted by molar-refractivity contribution is 7.92. The van der Waals surface area contributed by atoms with E-state index in [1.165, 1.54) is 30.2 Å². The predicted molar refractivity (Wildman–Crippen MR) is 183 cm³/mol. The summed E-state index contributed by atoms with van der Waals surface area (Å²) >= 11 is 6.44. The van der Waals surface area contributed by atoms with Crippen LogP contribution in [-0.2, 0) is 32.6 Å². The Morgan fingerprint density at radius 1 is 0.913 bits per heavy atom. The van der Waals surface area contributed by atoms with Gasteiger partial charge < -0.3 is 15.0 Å². The fourth-order valence-electron chi connectivity index (χ4n) is 5.02. The third-order valence-corrected chi connectivity index (χ3v) is 9.99. The minimum Gasteiger partial charge on any atom is -0.495 e. The normalized spacial score (nSPS) is 12.5. The Morgan fingerprint density at radius 2 is 1.54 bits per heavy atom. The minimum atomic E-state index is -4.24. The highest BCUT2D eigenvalue weighted by Crippen LogP contribution is 2.32. The molecule has 4 aromatic carbocycles. The molecule has 0 aliphatic heterocycles. The summed E-state index contributed by atoms with van der Waals surface area (Å²) in [5.74, 6) is -0.500. The van der Waals surface area contributed by atoms with E-state index < -0.39 is 28.5 Å². The van der Waals surface area contributed by atoms with Crippen LogP contribution >= 0.6 is 11.6 Å². The number of methoxy groups -OCH3 is 1. The van der Waals surface area contributed by atoms with Gasteiger partial charge >= 0.3 is 0 Å². The highest BCUT2D eigenvalue weighted by atomic mass is 35.5. The summed E-state index contributed by atoms with van der Waals surface area (Å²) in [5, 5.41) is 3.24. The van der Waals surface area contributed by atoms with Crippen molar-refractivity contribution in [3.63, 3.8) is 0 Å². The van der Waals surface area contributed by atoms with E-state index in [9.17, 15) is 18.0 Å². The van der Waals surface area contributed by atoms with Gasteiger partial charge in [-0.05, 0) is 67.3 Å². The Kier molecular flexibility index (Phi) is 11.8. The van der Waals surface area contributed by atoms with E-state index in [4.69, 9.17) is 16.3 Å². The number of sulfonamides is 1. The molecule has 0 saturated carbocycles. The van der Waals surface area contributed by atoms with Gasteiger partial charge in [-0.2, -0.15) is 0 Å². The highest BCUT2D eigenvalue weighted by Gasteiger charge is 2.35. The molecule has 0 saturated heterocycles. The molecule has 4 aromatic rings. The number of nitrogens with zero attached hydrogens (tertiary/aromatic N) is 2. The molecule has 4 rings (SSSR count). The van der Waals surface area contributed by atoms with Gasteiger partial charge in [0.2, 0.25) is 11.8 Å². The van der Waals surface area contributed by atoms with Gasteiger partial charge in [-0.25, -0.2) is 8.42 Å². The molecule has 242 valence electrons. The van der Waals surface area contributed by atoms with Gasteiger partial charge in [0, 0.05) is 19.0 Å². The van der Waals surface area contributed by atoms with Crippen LogP contribution in [0, 0.1) is 6.92 Å². The van der Waals surface area contributed by atoms with Crippen LogP contribution in [0.3, 0.4) is 0 Å². The largest absolute Gasteiger partial charge is 0.495 e. The molecular weight excluding hydrogens is 622 g/mol. The lowest BCUT2D eigenvalue weighted by molar-refractivity contribution is -0.140. The van der Waals surface area contributed by atoms with Gasteiger partial charge in [0.05, 0.1) is 22.7 Å². The number of ether oxygens (including phenoxy) is 1. The van der Waals surface area contributed by atoms with Crippen molar-refractivity contribution in [3.05, 3.63) is 125 Å². The zero-order valence-corrected chi connectivity index (χ0v) is 28.1. The van der Waals surface area contributed by atoms with E-state index >= 15 is 0 Å².